The van der Waals surface area contributed by atoms with Gasteiger partial charge in [-0.1, -0.05) is 30.3 Å². The molecule has 0 aliphatic carbocycles. The lowest BCUT2D eigenvalue weighted by molar-refractivity contribution is 0.0697. The van der Waals surface area contributed by atoms with Crippen LogP contribution in [0.25, 0.3) is 22.3 Å². The van der Waals surface area contributed by atoms with Crippen molar-refractivity contribution in [1.82, 2.24) is 4.90 Å². The number of carboxylic acids is 1. The van der Waals surface area contributed by atoms with Crippen molar-refractivity contribution in [2.45, 2.75) is 19.9 Å². The van der Waals surface area contributed by atoms with Crippen LogP contribution in [0.4, 0.5) is 5.69 Å². The molecular weight excluding hydrogens is 444 g/mol. The maximum Gasteiger partial charge on any atom is 0.337 e. The van der Waals surface area contributed by atoms with Crippen LogP contribution in [0, 0.1) is 6.92 Å². The van der Waals surface area contributed by atoms with Gasteiger partial charge in [0.25, 0.3) is 5.91 Å². The Bertz CT molecular complexity index is 1490. The van der Waals surface area contributed by atoms with E-state index in [0.29, 0.717) is 33.5 Å². The minimum Gasteiger partial charge on any atom is -0.478 e. The van der Waals surface area contributed by atoms with Gasteiger partial charge in [-0.3, -0.25) is 9.59 Å². The number of benzene rings is 3. The van der Waals surface area contributed by atoms with E-state index < -0.39 is 5.97 Å². The number of carboxylic acid groups (broad SMARTS) is 1. The van der Waals surface area contributed by atoms with E-state index in [2.05, 4.69) is 5.32 Å². The van der Waals surface area contributed by atoms with Crippen molar-refractivity contribution >= 4 is 28.5 Å². The monoisotopic (exact) mass is 470 g/mol. The van der Waals surface area contributed by atoms with Gasteiger partial charge in [0.15, 0.2) is 5.43 Å². The molecule has 4 rings (SSSR count). The number of para-hydroxylation sites is 1. The second-order valence-corrected chi connectivity index (χ2v) is 8.70. The topological polar surface area (TPSA) is 99.8 Å². The van der Waals surface area contributed by atoms with Gasteiger partial charge in [0.05, 0.1) is 17.0 Å². The van der Waals surface area contributed by atoms with Gasteiger partial charge in [0.2, 0.25) is 0 Å². The highest BCUT2D eigenvalue weighted by Gasteiger charge is 2.18. The number of fused-ring (bicyclic) bond motifs is 1. The van der Waals surface area contributed by atoms with E-state index in [-0.39, 0.29) is 22.9 Å². The summed E-state index contributed by atoms with van der Waals surface area (Å²) in [5.41, 5.74) is 3.71. The Morgan fingerprint density at radius 1 is 1.00 bits per heavy atom. The zero-order valence-electron chi connectivity index (χ0n) is 20.0. The normalized spacial score (nSPS) is 11.8. The van der Waals surface area contributed by atoms with Crippen molar-refractivity contribution in [2.75, 3.05) is 19.4 Å². The lowest BCUT2D eigenvalue weighted by atomic mass is 10.00. The Balaban J connectivity index is 1.79. The van der Waals surface area contributed by atoms with E-state index in [9.17, 15) is 19.5 Å². The number of hydrogen-bond donors (Lipinski definition) is 2. The minimum atomic E-state index is -1.03. The summed E-state index contributed by atoms with van der Waals surface area (Å²) in [4.78, 5) is 38.4. The zero-order valence-corrected chi connectivity index (χ0v) is 20.0. The van der Waals surface area contributed by atoms with Gasteiger partial charge < -0.3 is 19.7 Å². The first-order valence-corrected chi connectivity index (χ1v) is 11.1. The van der Waals surface area contributed by atoms with Crippen LogP contribution < -0.4 is 10.7 Å². The molecule has 0 saturated carbocycles. The Hall–Kier alpha value is -4.39. The number of nitrogens with zero attached hydrogens (tertiary/aromatic N) is 1. The molecule has 0 aliphatic rings. The van der Waals surface area contributed by atoms with E-state index in [1.807, 2.05) is 19.9 Å². The van der Waals surface area contributed by atoms with Crippen molar-refractivity contribution in [3.63, 3.8) is 0 Å². The van der Waals surface area contributed by atoms with Gasteiger partial charge >= 0.3 is 5.97 Å². The minimum absolute atomic E-state index is 0.115. The molecule has 2 N–H and O–H groups in total. The number of amides is 1. The molecule has 1 atom stereocenters. The van der Waals surface area contributed by atoms with Crippen molar-refractivity contribution in [1.29, 1.82) is 0 Å². The lowest BCUT2D eigenvalue weighted by Gasteiger charge is -2.19. The Morgan fingerprint density at radius 2 is 1.69 bits per heavy atom. The van der Waals surface area contributed by atoms with Crippen LogP contribution in [0.2, 0.25) is 0 Å². The summed E-state index contributed by atoms with van der Waals surface area (Å²) in [5, 5.41) is 13.2. The molecule has 178 valence electrons. The molecule has 3 aromatic carbocycles. The molecule has 1 aromatic heterocycles. The van der Waals surface area contributed by atoms with E-state index in [4.69, 9.17) is 4.42 Å². The SMILES string of the molecule is Cc1cc(C(C)Nc2ccccc2C(=O)O)c2oc(-c3ccc(C(=O)N(C)C)cc3)cc(=O)c2c1. The average Bonchev–Trinajstić information content (AvgIpc) is 2.83. The molecule has 7 nitrogen and oxygen atoms in total. The summed E-state index contributed by atoms with van der Waals surface area (Å²) in [7, 11) is 3.37. The molecule has 0 aliphatic heterocycles. The highest BCUT2D eigenvalue weighted by atomic mass is 16.4. The smallest absolute Gasteiger partial charge is 0.337 e. The molecule has 0 bridgehead atoms. The van der Waals surface area contributed by atoms with E-state index in [0.717, 1.165) is 11.1 Å². The average molecular weight is 471 g/mol. The first kappa shape index (κ1) is 23.8. The van der Waals surface area contributed by atoms with Crippen molar-refractivity contribution in [2.24, 2.45) is 0 Å². The molecule has 0 spiro atoms. The molecule has 35 heavy (non-hydrogen) atoms. The molecule has 1 heterocycles. The summed E-state index contributed by atoms with van der Waals surface area (Å²) < 4.78 is 6.25. The van der Waals surface area contributed by atoms with Crippen molar-refractivity contribution in [3.8, 4) is 11.3 Å². The van der Waals surface area contributed by atoms with Crippen LogP contribution in [0.3, 0.4) is 0 Å². The van der Waals surface area contributed by atoms with Crippen LogP contribution in [0.1, 0.15) is 44.8 Å². The van der Waals surface area contributed by atoms with Gasteiger partial charge in [0, 0.05) is 42.5 Å². The predicted molar refractivity (Wildman–Crippen MR) is 136 cm³/mol. The molecular formula is C28H26N2O5. The Morgan fingerprint density at radius 3 is 2.34 bits per heavy atom. The lowest BCUT2D eigenvalue weighted by Crippen LogP contribution is -2.21. The summed E-state index contributed by atoms with van der Waals surface area (Å²) in [5.74, 6) is -0.759. The molecule has 1 amide bonds. The number of hydrogen-bond acceptors (Lipinski definition) is 5. The zero-order chi connectivity index (χ0) is 25.3. The summed E-state index contributed by atoms with van der Waals surface area (Å²) in [6.07, 6.45) is 0. The first-order chi connectivity index (χ1) is 16.7. The fourth-order valence-electron chi connectivity index (χ4n) is 4.04. The summed E-state index contributed by atoms with van der Waals surface area (Å²) in [6, 6.07) is 18.4. The predicted octanol–water partition coefficient (Wildman–Crippen LogP) is 5.34. The molecule has 1 unspecified atom stereocenters. The maximum atomic E-state index is 13.0. The highest BCUT2D eigenvalue weighted by molar-refractivity contribution is 5.95. The summed E-state index contributed by atoms with van der Waals surface area (Å²) >= 11 is 0. The Labute approximate surface area is 202 Å². The number of carbonyl (C=O) groups is 2. The van der Waals surface area contributed by atoms with Gasteiger partial charge in [-0.25, -0.2) is 4.79 Å². The van der Waals surface area contributed by atoms with Crippen LogP contribution in [0.5, 0.6) is 0 Å². The number of rotatable bonds is 6. The second kappa shape index (κ2) is 9.46. The van der Waals surface area contributed by atoms with Crippen molar-refractivity contribution < 1.29 is 19.1 Å². The fourth-order valence-corrected chi connectivity index (χ4v) is 4.04. The van der Waals surface area contributed by atoms with E-state index in [1.54, 1.807) is 62.6 Å². The van der Waals surface area contributed by atoms with Gasteiger partial charge in [-0.05, 0) is 49.7 Å². The van der Waals surface area contributed by atoms with Gasteiger partial charge in [-0.15, -0.1) is 0 Å². The molecule has 4 aromatic rings. The number of carbonyl (C=O) groups excluding carboxylic acids is 1. The third-order valence-corrected chi connectivity index (χ3v) is 5.82. The molecule has 0 radical (unpaired) electrons. The van der Waals surface area contributed by atoms with Gasteiger partial charge in [-0.2, -0.15) is 0 Å². The van der Waals surface area contributed by atoms with Gasteiger partial charge in [0.1, 0.15) is 11.3 Å². The number of aromatic carboxylic acids is 1. The van der Waals surface area contributed by atoms with Crippen LogP contribution in [-0.2, 0) is 0 Å². The maximum absolute atomic E-state index is 13.0. The van der Waals surface area contributed by atoms with Crippen LogP contribution in [-0.4, -0.2) is 36.0 Å². The van der Waals surface area contributed by atoms with Crippen LogP contribution in [0.15, 0.2) is 75.9 Å². The largest absolute Gasteiger partial charge is 0.478 e. The number of nitrogens with one attached hydrogen (secondary N) is 1. The second-order valence-electron chi connectivity index (χ2n) is 8.70. The summed E-state index contributed by atoms with van der Waals surface area (Å²) in [6.45, 7) is 3.79. The standard InChI is InChI=1S/C28H26N2O5/c1-16-13-21(17(2)29-23-8-6-5-7-20(23)28(33)34)26-22(14-16)24(31)15-25(35-26)18-9-11-19(12-10-18)27(32)30(3)4/h5-15,17,29H,1-4H3,(H,33,34). The third-order valence-electron chi connectivity index (χ3n) is 5.82. The number of anilines is 1. The fraction of sp³-hybridized carbons (Fsp3) is 0.179. The quantitative estimate of drug-likeness (QED) is 0.395. The third kappa shape index (κ3) is 4.80. The molecule has 7 heteroatoms. The number of aryl methyl sites for hydroxylation is 1. The Kier molecular flexibility index (Phi) is 6.42. The van der Waals surface area contributed by atoms with Crippen molar-refractivity contribution in [3.05, 3.63) is 99.2 Å². The van der Waals surface area contributed by atoms with Crippen LogP contribution >= 0.6 is 0 Å². The molecule has 0 saturated heterocycles. The van der Waals surface area contributed by atoms with E-state index in [1.165, 1.54) is 17.0 Å². The van der Waals surface area contributed by atoms with E-state index >= 15 is 0 Å². The highest BCUT2D eigenvalue weighted by Crippen LogP contribution is 2.31. The molecule has 0 fully saturated rings. The first-order valence-electron chi connectivity index (χ1n) is 11.1.